The summed E-state index contributed by atoms with van der Waals surface area (Å²) in [5, 5.41) is 3.99. The summed E-state index contributed by atoms with van der Waals surface area (Å²) in [5.74, 6) is -0.426. The molecule has 0 amide bonds. The molecule has 0 aliphatic heterocycles. The Balaban J connectivity index is 2.80. The first-order valence-corrected chi connectivity index (χ1v) is 6.62. The third-order valence-electron chi connectivity index (χ3n) is 1.99. The normalized spacial score (nSPS) is 14.8. The number of carbonyl (C=O) groups excluding carboxylic acids is 1. The molecule has 90 valence electrons. The first-order chi connectivity index (χ1) is 7.35. The molecular formula is C9H15N2O4P. The van der Waals surface area contributed by atoms with Crippen LogP contribution < -0.4 is 0 Å². The molecule has 6 nitrogen and oxygen atoms in total. The van der Waals surface area contributed by atoms with Gasteiger partial charge in [-0.05, 0) is 13.8 Å². The summed E-state index contributed by atoms with van der Waals surface area (Å²) in [5.41, 5.74) is 0.903. The topological polar surface area (TPSA) is 81.4 Å². The molecule has 0 aliphatic rings. The SMILES string of the molecule is CCOP(=O)(O)CC(=O)c1cn(C)nc1C. The second-order valence-corrected chi connectivity index (χ2v) is 5.29. The predicted molar refractivity (Wildman–Crippen MR) is 58.6 cm³/mol. The molecule has 0 saturated heterocycles. The van der Waals surface area contributed by atoms with Gasteiger partial charge in [0.15, 0.2) is 5.78 Å². The van der Waals surface area contributed by atoms with Crippen LogP contribution in [0.4, 0.5) is 0 Å². The lowest BCUT2D eigenvalue weighted by Crippen LogP contribution is -2.08. The minimum Gasteiger partial charge on any atom is -0.324 e. The van der Waals surface area contributed by atoms with Crippen molar-refractivity contribution in [2.45, 2.75) is 13.8 Å². The van der Waals surface area contributed by atoms with E-state index in [4.69, 9.17) is 0 Å². The molecule has 0 fully saturated rings. The summed E-state index contributed by atoms with van der Waals surface area (Å²) in [4.78, 5) is 21.0. The third kappa shape index (κ3) is 3.27. The molecule has 1 aromatic rings. The van der Waals surface area contributed by atoms with Gasteiger partial charge in [0.1, 0.15) is 6.16 Å². The third-order valence-corrected chi connectivity index (χ3v) is 3.34. The minimum atomic E-state index is -3.81. The fourth-order valence-electron chi connectivity index (χ4n) is 1.39. The second kappa shape index (κ2) is 4.91. The van der Waals surface area contributed by atoms with Crippen LogP contribution in [0.3, 0.4) is 0 Å². The van der Waals surface area contributed by atoms with E-state index < -0.39 is 19.5 Å². The van der Waals surface area contributed by atoms with Gasteiger partial charge in [-0.2, -0.15) is 5.10 Å². The van der Waals surface area contributed by atoms with Crippen LogP contribution in [-0.4, -0.2) is 33.2 Å². The maximum atomic E-state index is 11.7. The van der Waals surface area contributed by atoms with Crippen molar-refractivity contribution in [3.8, 4) is 0 Å². The van der Waals surface area contributed by atoms with Crippen molar-refractivity contribution in [1.29, 1.82) is 0 Å². The van der Waals surface area contributed by atoms with Crippen LogP contribution in [-0.2, 0) is 16.1 Å². The number of rotatable bonds is 5. The van der Waals surface area contributed by atoms with Gasteiger partial charge < -0.3 is 9.42 Å². The Morgan fingerprint density at radius 2 is 2.31 bits per heavy atom. The molecule has 1 rings (SSSR count). The molecule has 0 spiro atoms. The van der Waals surface area contributed by atoms with E-state index in [-0.39, 0.29) is 6.61 Å². The van der Waals surface area contributed by atoms with E-state index in [1.54, 1.807) is 20.9 Å². The van der Waals surface area contributed by atoms with E-state index in [9.17, 15) is 14.3 Å². The van der Waals surface area contributed by atoms with Crippen molar-refractivity contribution < 1.29 is 18.8 Å². The highest BCUT2D eigenvalue weighted by atomic mass is 31.2. The molecular weight excluding hydrogens is 231 g/mol. The Kier molecular flexibility index (Phi) is 4.02. The van der Waals surface area contributed by atoms with Crippen LogP contribution in [0.1, 0.15) is 23.0 Å². The van der Waals surface area contributed by atoms with Crippen molar-refractivity contribution in [3.05, 3.63) is 17.5 Å². The van der Waals surface area contributed by atoms with E-state index >= 15 is 0 Å². The summed E-state index contributed by atoms with van der Waals surface area (Å²) in [6, 6.07) is 0. The first-order valence-electron chi connectivity index (χ1n) is 4.85. The van der Waals surface area contributed by atoms with E-state index in [1.165, 1.54) is 10.9 Å². The fraction of sp³-hybridized carbons (Fsp3) is 0.556. The number of Topliss-reactive ketones (excluding diaryl/α,β-unsaturated/α-hetero) is 1. The molecule has 1 heterocycles. The van der Waals surface area contributed by atoms with Crippen LogP contribution >= 0.6 is 7.60 Å². The van der Waals surface area contributed by atoms with Crippen molar-refractivity contribution in [2.24, 2.45) is 7.05 Å². The fourth-order valence-corrected chi connectivity index (χ4v) is 2.42. The van der Waals surface area contributed by atoms with Crippen molar-refractivity contribution in [1.82, 2.24) is 9.78 Å². The zero-order valence-corrected chi connectivity index (χ0v) is 10.4. The number of aryl methyl sites for hydroxylation is 2. The maximum absolute atomic E-state index is 11.7. The summed E-state index contributed by atoms with van der Waals surface area (Å²) >= 11 is 0. The van der Waals surface area contributed by atoms with Gasteiger partial charge in [0.05, 0.1) is 17.9 Å². The van der Waals surface area contributed by atoms with Gasteiger partial charge in [-0.15, -0.1) is 0 Å². The highest BCUT2D eigenvalue weighted by molar-refractivity contribution is 7.53. The number of aromatic nitrogens is 2. The lowest BCUT2D eigenvalue weighted by atomic mass is 10.2. The van der Waals surface area contributed by atoms with Gasteiger partial charge in [0, 0.05) is 13.2 Å². The average molecular weight is 246 g/mol. The van der Waals surface area contributed by atoms with E-state index in [0.29, 0.717) is 11.3 Å². The van der Waals surface area contributed by atoms with E-state index in [0.717, 1.165) is 0 Å². The van der Waals surface area contributed by atoms with Crippen molar-refractivity contribution in [2.75, 3.05) is 12.8 Å². The minimum absolute atomic E-state index is 0.104. The highest BCUT2D eigenvalue weighted by Crippen LogP contribution is 2.42. The molecule has 7 heteroatoms. The summed E-state index contributed by atoms with van der Waals surface area (Å²) in [6.45, 7) is 3.38. The van der Waals surface area contributed by atoms with Crippen LogP contribution in [0.25, 0.3) is 0 Å². The smallest absolute Gasteiger partial charge is 0.324 e. The molecule has 1 N–H and O–H groups in total. The number of ketones is 1. The van der Waals surface area contributed by atoms with Crippen LogP contribution in [0.15, 0.2) is 6.20 Å². The Morgan fingerprint density at radius 1 is 1.69 bits per heavy atom. The Morgan fingerprint density at radius 3 is 2.75 bits per heavy atom. The summed E-state index contributed by atoms with van der Waals surface area (Å²) in [6.07, 6.45) is 1.02. The van der Waals surface area contributed by atoms with Crippen LogP contribution in [0.2, 0.25) is 0 Å². The zero-order valence-electron chi connectivity index (χ0n) is 9.51. The number of carbonyl (C=O) groups is 1. The second-order valence-electron chi connectivity index (χ2n) is 3.44. The summed E-state index contributed by atoms with van der Waals surface area (Å²) in [7, 11) is -2.13. The molecule has 0 radical (unpaired) electrons. The zero-order chi connectivity index (χ0) is 12.3. The lowest BCUT2D eigenvalue weighted by Gasteiger charge is -2.08. The van der Waals surface area contributed by atoms with Crippen molar-refractivity contribution in [3.63, 3.8) is 0 Å². The lowest BCUT2D eigenvalue weighted by molar-refractivity contribution is 0.101. The molecule has 0 aliphatic carbocycles. The van der Waals surface area contributed by atoms with Gasteiger partial charge in [-0.3, -0.25) is 14.0 Å². The number of hydrogen-bond donors (Lipinski definition) is 1. The molecule has 16 heavy (non-hydrogen) atoms. The van der Waals surface area contributed by atoms with E-state index in [1.807, 2.05) is 0 Å². The predicted octanol–water partition coefficient (Wildman–Crippen LogP) is 1.13. The molecule has 0 saturated carbocycles. The summed E-state index contributed by atoms with van der Waals surface area (Å²) < 4.78 is 17.5. The average Bonchev–Trinajstić information content (AvgIpc) is 2.44. The van der Waals surface area contributed by atoms with Gasteiger partial charge >= 0.3 is 7.60 Å². The Labute approximate surface area is 93.8 Å². The van der Waals surface area contributed by atoms with Crippen LogP contribution in [0, 0.1) is 6.92 Å². The monoisotopic (exact) mass is 246 g/mol. The van der Waals surface area contributed by atoms with Gasteiger partial charge in [0.2, 0.25) is 0 Å². The molecule has 0 bridgehead atoms. The number of hydrogen-bond acceptors (Lipinski definition) is 4. The largest absolute Gasteiger partial charge is 0.335 e. The first kappa shape index (κ1) is 13.1. The highest BCUT2D eigenvalue weighted by Gasteiger charge is 2.25. The maximum Gasteiger partial charge on any atom is 0.335 e. The van der Waals surface area contributed by atoms with Gasteiger partial charge in [-0.1, -0.05) is 0 Å². The molecule has 1 atom stereocenters. The Bertz CT molecular complexity index is 441. The van der Waals surface area contributed by atoms with Gasteiger partial charge in [-0.25, -0.2) is 0 Å². The quantitative estimate of drug-likeness (QED) is 0.622. The van der Waals surface area contributed by atoms with Crippen LogP contribution in [0.5, 0.6) is 0 Å². The van der Waals surface area contributed by atoms with Gasteiger partial charge in [0.25, 0.3) is 0 Å². The molecule has 1 unspecified atom stereocenters. The van der Waals surface area contributed by atoms with Crippen molar-refractivity contribution >= 4 is 13.4 Å². The molecule has 1 aromatic heterocycles. The standard InChI is InChI=1S/C9H15N2O4P/c1-4-15-16(13,14)6-9(12)8-5-11(3)10-7(8)2/h5H,4,6H2,1-3H3,(H,13,14). The molecule has 0 aromatic carbocycles. The van der Waals surface area contributed by atoms with E-state index in [2.05, 4.69) is 9.62 Å². The number of nitrogens with zero attached hydrogens (tertiary/aromatic N) is 2. The Hall–Kier alpha value is -0.970.